The third-order valence-corrected chi connectivity index (χ3v) is 8.35. The van der Waals surface area contributed by atoms with Crippen molar-refractivity contribution in [1.82, 2.24) is 9.21 Å². The minimum absolute atomic E-state index is 0.112. The summed E-state index contributed by atoms with van der Waals surface area (Å²) in [6.45, 7) is 0.328. The van der Waals surface area contributed by atoms with Crippen LogP contribution >= 0.6 is 22.9 Å². The number of thiophene rings is 1. The molecule has 0 N–H and O–H groups in total. The first-order valence-electron chi connectivity index (χ1n) is 9.50. The fourth-order valence-corrected chi connectivity index (χ4v) is 5.88. The second kappa shape index (κ2) is 8.51. The molecule has 0 radical (unpaired) electrons. The van der Waals surface area contributed by atoms with E-state index in [0.717, 1.165) is 21.9 Å². The summed E-state index contributed by atoms with van der Waals surface area (Å²) in [4.78, 5) is 16.4. The van der Waals surface area contributed by atoms with E-state index in [0.29, 0.717) is 11.6 Å². The van der Waals surface area contributed by atoms with Gasteiger partial charge in [-0.1, -0.05) is 41.9 Å². The van der Waals surface area contributed by atoms with E-state index in [-0.39, 0.29) is 23.4 Å². The van der Waals surface area contributed by atoms with Gasteiger partial charge in [0.15, 0.2) is 0 Å². The van der Waals surface area contributed by atoms with E-state index < -0.39 is 10.0 Å². The molecule has 3 aromatic rings. The number of sulfonamides is 1. The first-order chi connectivity index (χ1) is 14.4. The number of fused-ring (bicyclic) bond motifs is 1. The van der Waals surface area contributed by atoms with Crippen molar-refractivity contribution in [2.24, 2.45) is 0 Å². The van der Waals surface area contributed by atoms with E-state index in [1.165, 1.54) is 36.2 Å². The zero-order valence-electron chi connectivity index (χ0n) is 16.4. The summed E-state index contributed by atoms with van der Waals surface area (Å²) >= 11 is 7.56. The molecule has 1 atom stereocenters. The van der Waals surface area contributed by atoms with Crippen LogP contribution in [0.15, 0.2) is 70.9 Å². The lowest BCUT2D eigenvalue weighted by Gasteiger charge is -2.37. The lowest BCUT2D eigenvalue weighted by molar-refractivity contribution is -0.133. The molecule has 1 amide bonds. The van der Waals surface area contributed by atoms with Gasteiger partial charge in [0.1, 0.15) is 0 Å². The summed E-state index contributed by atoms with van der Waals surface area (Å²) in [6.07, 6.45) is 0.774. The first-order valence-corrected chi connectivity index (χ1v) is 12.2. The molecule has 5 nitrogen and oxygen atoms in total. The largest absolute Gasteiger partial charge is 0.330 e. The zero-order chi connectivity index (χ0) is 21.3. The minimum atomic E-state index is -3.79. The summed E-state index contributed by atoms with van der Waals surface area (Å²) < 4.78 is 26.9. The van der Waals surface area contributed by atoms with Gasteiger partial charge in [-0.3, -0.25) is 4.79 Å². The number of hydrogen-bond acceptors (Lipinski definition) is 4. The van der Waals surface area contributed by atoms with Crippen LogP contribution in [0.2, 0.25) is 5.02 Å². The van der Waals surface area contributed by atoms with E-state index in [4.69, 9.17) is 11.6 Å². The number of halogens is 1. The Labute approximate surface area is 185 Å². The Hall–Kier alpha value is -2.19. The van der Waals surface area contributed by atoms with Crippen molar-refractivity contribution in [2.75, 3.05) is 20.1 Å². The summed E-state index contributed by atoms with van der Waals surface area (Å²) in [7, 11) is -2.36. The Bertz CT molecular complexity index is 1140. The monoisotopic (exact) mass is 460 g/mol. The quantitative estimate of drug-likeness (QED) is 0.573. The molecule has 30 heavy (non-hydrogen) atoms. The molecule has 0 saturated carbocycles. The Balaban J connectivity index is 1.60. The number of amides is 1. The normalized spacial score (nSPS) is 16.5. The smallest absolute Gasteiger partial charge is 0.243 e. The summed E-state index contributed by atoms with van der Waals surface area (Å²) in [5.74, 6) is -0.222. The molecular formula is C22H21ClN2O3S2. The van der Waals surface area contributed by atoms with Crippen molar-refractivity contribution in [3.8, 4) is 0 Å². The number of benzene rings is 2. The number of carbonyl (C=O) groups is 1. The third-order valence-electron chi connectivity index (χ3n) is 5.28. The van der Waals surface area contributed by atoms with Gasteiger partial charge < -0.3 is 4.90 Å². The predicted molar refractivity (Wildman–Crippen MR) is 119 cm³/mol. The molecule has 0 fully saturated rings. The highest BCUT2D eigenvalue weighted by molar-refractivity contribution is 7.89. The average Bonchev–Trinajstić information content (AvgIpc) is 3.22. The standard InChI is InChI=1S/C22H21ClN2O3S2/c1-24(30(27,28)18-9-7-17(23)8-10-18)15-21(26)25-13-11-20-19(12-14-29-20)22(25)16-5-3-2-4-6-16/h2-10,12,14,22H,11,13,15H2,1H3/t22-/m0/s1. The average molecular weight is 461 g/mol. The maximum atomic E-state index is 13.3. The van der Waals surface area contributed by atoms with Crippen molar-refractivity contribution < 1.29 is 13.2 Å². The van der Waals surface area contributed by atoms with Gasteiger partial charge in [0.05, 0.1) is 17.5 Å². The third kappa shape index (κ3) is 4.03. The maximum absolute atomic E-state index is 13.3. The van der Waals surface area contributed by atoms with Crippen molar-refractivity contribution in [3.05, 3.63) is 87.1 Å². The molecule has 156 valence electrons. The van der Waals surface area contributed by atoms with Crippen molar-refractivity contribution in [3.63, 3.8) is 0 Å². The molecule has 1 aliphatic rings. The van der Waals surface area contributed by atoms with Crippen LogP contribution < -0.4 is 0 Å². The van der Waals surface area contributed by atoms with Crippen molar-refractivity contribution in [2.45, 2.75) is 17.4 Å². The molecule has 0 unspecified atom stereocenters. The maximum Gasteiger partial charge on any atom is 0.243 e. The highest BCUT2D eigenvalue weighted by Gasteiger charge is 2.34. The van der Waals surface area contributed by atoms with Gasteiger partial charge >= 0.3 is 0 Å². The Morgan fingerprint density at radius 2 is 1.83 bits per heavy atom. The number of rotatable bonds is 5. The van der Waals surface area contributed by atoms with Gasteiger partial charge in [-0.15, -0.1) is 11.3 Å². The molecule has 4 rings (SSSR count). The predicted octanol–water partition coefficient (Wildman–Crippen LogP) is 4.20. The van der Waals surface area contributed by atoms with E-state index >= 15 is 0 Å². The van der Waals surface area contributed by atoms with Gasteiger partial charge in [0, 0.05) is 23.5 Å². The number of nitrogens with zero attached hydrogens (tertiary/aromatic N) is 2. The molecule has 2 heterocycles. The van der Waals surface area contributed by atoms with Crippen molar-refractivity contribution in [1.29, 1.82) is 0 Å². The van der Waals surface area contributed by atoms with Crippen LogP contribution in [-0.4, -0.2) is 43.7 Å². The number of hydrogen-bond donors (Lipinski definition) is 0. The van der Waals surface area contributed by atoms with Gasteiger partial charge in [-0.25, -0.2) is 8.42 Å². The van der Waals surface area contributed by atoms with E-state index in [9.17, 15) is 13.2 Å². The topological polar surface area (TPSA) is 57.7 Å². The highest BCUT2D eigenvalue weighted by Crippen LogP contribution is 2.37. The molecule has 1 aliphatic heterocycles. The molecule has 8 heteroatoms. The summed E-state index contributed by atoms with van der Waals surface area (Å²) in [6, 6.07) is 17.7. The lowest BCUT2D eigenvalue weighted by atomic mass is 9.93. The van der Waals surface area contributed by atoms with Crippen LogP contribution in [-0.2, 0) is 21.2 Å². The van der Waals surface area contributed by atoms with Crippen LogP contribution in [0.1, 0.15) is 22.0 Å². The van der Waals surface area contributed by atoms with Crippen LogP contribution in [0, 0.1) is 0 Å². The highest BCUT2D eigenvalue weighted by atomic mass is 35.5. The van der Waals surface area contributed by atoms with Crippen LogP contribution in [0.25, 0.3) is 0 Å². The fraction of sp³-hybridized carbons (Fsp3) is 0.227. The molecule has 0 spiro atoms. The van der Waals surface area contributed by atoms with Gasteiger partial charge in [-0.2, -0.15) is 4.31 Å². The Kier molecular flexibility index (Phi) is 5.97. The molecule has 0 bridgehead atoms. The second-order valence-corrected chi connectivity index (χ2v) is 10.6. The van der Waals surface area contributed by atoms with Crippen LogP contribution in [0.3, 0.4) is 0 Å². The van der Waals surface area contributed by atoms with Crippen LogP contribution in [0.4, 0.5) is 0 Å². The van der Waals surface area contributed by atoms with Gasteiger partial charge in [0.25, 0.3) is 0 Å². The molecular weight excluding hydrogens is 440 g/mol. The Morgan fingerprint density at radius 1 is 1.13 bits per heavy atom. The summed E-state index contributed by atoms with van der Waals surface area (Å²) in [5.41, 5.74) is 2.14. The second-order valence-electron chi connectivity index (χ2n) is 7.16. The van der Waals surface area contributed by atoms with Crippen LogP contribution in [0.5, 0.6) is 0 Å². The number of carbonyl (C=O) groups excluding carboxylic acids is 1. The first kappa shape index (κ1) is 21.1. The minimum Gasteiger partial charge on any atom is -0.330 e. The fourth-order valence-electron chi connectivity index (χ4n) is 3.73. The molecule has 0 aliphatic carbocycles. The van der Waals surface area contributed by atoms with Crippen molar-refractivity contribution >= 4 is 38.9 Å². The molecule has 2 aromatic carbocycles. The van der Waals surface area contributed by atoms with Gasteiger partial charge in [-0.05, 0) is 53.3 Å². The SMILES string of the molecule is CN(CC(=O)N1CCc2sccc2[C@@H]1c1ccccc1)S(=O)(=O)c1ccc(Cl)cc1. The Morgan fingerprint density at radius 3 is 2.53 bits per heavy atom. The van der Waals surface area contributed by atoms with Gasteiger partial charge in [0.2, 0.25) is 15.9 Å². The summed E-state index contributed by atoms with van der Waals surface area (Å²) in [5, 5.41) is 2.50. The van der Waals surface area contributed by atoms with E-state index in [2.05, 4.69) is 6.07 Å². The number of likely N-dealkylation sites (N-methyl/N-ethyl adjacent to an activating group) is 1. The zero-order valence-corrected chi connectivity index (χ0v) is 18.8. The van der Waals surface area contributed by atoms with E-state index in [1.807, 2.05) is 35.7 Å². The molecule has 1 aromatic heterocycles. The lowest BCUT2D eigenvalue weighted by Crippen LogP contribution is -2.45. The van der Waals surface area contributed by atoms with E-state index in [1.54, 1.807) is 16.2 Å². The molecule has 0 saturated heterocycles.